The largest absolute Gasteiger partial charge is 0.388 e. The third-order valence-electron chi connectivity index (χ3n) is 5.31. The zero-order chi connectivity index (χ0) is 19.8. The highest BCUT2D eigenvalue weighted by molar-refractivity contribution is 6.63. The molecule has 0 aromatic carbocycles. The number of nitrogens with zero attached hydrogens (tertiary/aromatic N) is 4. The third kappa shape index (κ3) is 3.47. The van der Waals surface area contributed by atoms with Crippen molar-refractivity contribution in [2.45, 2.75) is 68.9 Å². The molecule has 0 aliphatic carbocycles. The van der Waals surface area contributed by atoms with Crippen LogP contribution in [0.25, 0.3) is 11.2 Å². The van der Waals surface area contributed by atoms with Crippen LogP contribution in [0, 0.1) is 0 Å². The molecule has 4 atom stereocenters. The van der Waals surface area contributed by atoms with Crippen LogP contribution in [0.2, 0.25) is 11.6 Å². The van der Waals surface area contributed by atoms with Gasteiger partial charge in [0, 0.05) is 0 Å². The molecule has 1 fully saturated rings. The number of anilines is 1. The van der Waals surface area contributed by atoms with E-state index in [1.165, 1.54) is 17.2 Å². The van der Waals surface area contributed by atoms with E-state index in [2.05, 4.69) is 35.7 Å². The highest BCUT2D eigenvalue weighted by Crippen LogP contribution is 2.38. The Balaban J connectivity index is 1.86. The van der Waals surface area contributed by atoms with E-state index in [9.17, 15) is 15.3 Å². The average molecular weight is 395 g/mol. The van der Waals surface area contributed by atoms with Crippen molar-refractivity contribution in [3.05, 3.63) is 12.7 Å². The van der Waals surface area contributed by atoms with Gasteiger partial charge in [-0.2, -0.15) is 0 Å². The molecule has 27 heavy (non-hydrogen) atoms. The van der Waals surface area contributed by atoms with Gasteiger partial charge in [0.15, 0.2) is 17.7 Å². The van der Waals surface area contributed by atoms with Gasteiger partial charge >= 0.3 is 0 Å². The smallest absolute Gasteiger partial charge is 0.167 e. The van der Waals surface area contributed by atoms with Crippen molar-refractivity contribution >= 4 is 25.8 Å². The SMILES string of the molecule is CCCC[Si](C(C)C)[C@@]1(O)CO[C@H](C(O)n2cnc3c(N)ncnc32)[C@H]1O. The van der Waals surface area contributed by atoms with E-state index in [0.717, 1.165) is 18.9 Å². The molecule has 0 bridgehead atoms. The van der Waals surface area contributed by atoms with E-state index in [0.29, 0.717) is 11.2 Å². The van der Waals surface area contributed by atoms with Crippen LogP contribution in [-0.2, 0) is 4.74 Å². The molecule has 1 aliphatic heterocycles. The lowest BCUT2D eigenvalue weighted by atomic mass is 10.1. The van der Waals surface area contributed by atoms with Crippen molar-refractivity contribution in [3.8, 4) is 0 Å². The molecule has 0 saturated carbocycles. The summed E-state index contributed by atoms with van der Waals surface area (Å²) in [7, 11) is -1.33. The van der Waals surface area contributed by atoms with E-state index >= 15 is 0 Å². The van der Waals surface area contributed by atoms with Crippen LogP contribution in [0.4, 0.5) is 5.82 Å². The second-order valence-corrected chi connectivity index (χ2v) is 11.0. The minimum Gasteiger partial charge on any atom is -0.388 e. The summed E-state index contributed by atoms with van der Waals surface area (Å²) in [4.78, 5) is 12.1. The first kappa shape index (κ1) is 20.1. The number of ether oxygens (including phenoxy) is 1. The van der Waals surface area contributed by atoms with Crippen molar-refractivity contribution in [2.24, 2.45) is 0 Å². The summed E-state index contributed by atoms with van der Waals surface area (Å²) in [5, 5.41) is 31.7. The van der Waals surface area contributed by atoms with Crippen LogP contribution in [0.3, 0.4) is 0 Å². The molecule has 3 heterocycles. The molecule has 0 spiro atoms. The molecule has 2 aromatic heterocycles. The first-order chi connectivity index (χ1) is 12.8. The molecule has 5 N–H and O–H groups in total. The van der Waals surface area contributed by atoms with Gasteiger partial charge in [-0.1, -0.05) is 39.7 Å². The number of imidazole rings is 1. The van der Waals surface area contributed by atoms with Crippen LogP contribution in [0.15, 0.2) is 12.7 Å². The number of rotatable bonds is 7. The number of hydrogen-bond acceptors (Lipinski definition) is 8. The Morgan fingerprint density at radius 1 is 1.41 bits per heavy atom. The predicted molar refractivity (Wildman–Crippen MR) is 102 cm³/mol. The quantitative estimate of drug-likeness (QED) is 0.502. The number of aromatic nitrogens is 4. The van der Waals surface area contributed by atoms with Gasteiger partial charge in [0.1, 0.15) is 29.3 Å². The van der Waals surface area contributed by atoms with Gasteiger partial charge in [0.05, 0.1) is 21.7 Å². The maximum Gasteiger partial charge on any atom is 0.167 e. The van der Waals surface area contributed by atoms with Crippen LogP contribution in [0.5, 0.6) is 0 Å². The molecule has 2 aromatic rings. The molecule has 10 heteroatoms. The minimum absolute atomic E-state index is 0.00976. The molecular weight excluding hydrogens is 366 g/mol. The first-order valence-electron chi connectivity index (χ1n) is 9.30. The van der Waals surface area contributed by atoms with Crippen molar-refractivity contribution < 1.29 is 20.1 Å². The number of fused-ring (bicyclic) bond motifs is 1. The predicted octanol–water partition coefficient (Wildman–Crippen LogP) is 0.634. The van der Waals surface area contributed by atoms with Crippen LogP contribution >= 0.6 is 0 Å². The monoisotopic (exact) mass is 394 g/mol. The maximum atomic E-state index is 11.3. The highest BCUT2D eigenvalue weighted by Gasteiger charge is 2.56. The summed E-state index contributed by atoms with van der Waals surface area (Å²) < 4.78 is 7.10. The van der Waals surface area contributed by atoms with E-state index < -0.39 is 32.5 Å². The van der Waals surface area contributed by atoms with Gasteiger partial charge < -0.3 is 25.8 Å². The standard InChI is InChI=1S/C17H28N5O4Si/c1-4-5-6-27(10(2)3)17(25)7-26-12(13(17)23)16(24)22-9-21-11-14(18)19-8-20-15(11)22/h8-10,12-13,16,23-25H,4-7H2,1-3H3,(H2,18,19,20)/t12-,13+,16?,17-/m0/s1. The van der Waals surface area contributed by atoms with E-state index in [1.807, 2.05) is 0 Å². The fraction of sp³-hybridized carbons (Fsp3) is 0.706. The Labute approximate surface area is 159 Å². The number of aliphatic hydroxyl groups excluding tert-OH is 2. The molecule has 9 nitrogen and oxygen atoms in total. The fourth-order valence-corrected chi connectivity index (χ4v) is 7.35. The topological polar surface area (TPSA) is 140 Å². The lowest BCUT2D eigenvalue weighted by molar-refractivity contribution is -0.0845. The van der Waals surface area contributed by atoms with E-state index in [4.69, 9.17) is 10.5 Å². The molecular formula is C17H28N5O4Si. The average Bonchev–Trinajstić information content (AvgIpc) is 3.18. The first-order valence-corrected chi connectivity index (χ1v) is 11.1. The number of aliphatic hydroxyl groups is 3. The lowest BCUT2D eigenvalue weighted by Crippen LogP contribution is -2.57. The van der Waals surface area contributed by atoms with Gasteiger partial charge in [-0.25, -0.2) is 15.0 Å². The summed E-state index contributed by atoms with van der Waals surface area (Å²) >= 11 is 0. The summed E-state index contributed by atoms with van der Waals surface area (Å²) in [5.41, 5.74) is 6.77. The summed E-state index contributed by atoms with van der Waals surface area (Å²) in [6.45, 7) is 6.26. The molecule has 1 saturated heterocycles. The Morgan fingerprint density at radius 3 is 2.81 bits per heavy atom. The summed E-state index contributed by atoms with van der Waals surface area (Å²) in [5.74, 6) is 0.209. The van der Waals surface area contributed by atoms with Crippen molar-refractivity contribution in [2.75, 3.05) is 12.3 Å². The maximum absolute atomic E-state index is 11.3. The summed E-state index contributed by atoms with van der Waals surface area (Å²) in [6, 6.07) is 0.885. The van der Waals surface area contributed by atoms with Crippen LogP contribution in [0.1, 0.15) is 39.8 Å². The van der Waals surface area contributed by atoms with Crippen LogP contribution < -0.4 is 5.73 Å². The molecule has 1 unspecified atom stereocenters. The Morgan fingerprint density at radius 2 is 2.15 bits per heavy atom. The van der Waals surface area contributed by atoms with Gasteiger partial charge in [0.25, 0.3) is 0 Å². The second kappa shape index (κ2) is 7.80. The van der Waals surface area contributed by atoms with Gasteiger partial charge in [-0.3, -0.25) is 4.57 Å². The van der Waals surface area contributed by atoms with Crippen LogP contribution in [-0.4, -0.2) is 67.7 Å². The second-order valence-electron chi connectivity index (χ2n) is 7.42. The van der Waals surface area contributed by atoms with Crippen molar-refractivity contribution in [1.82, 2.24) is 19.5 Å². The minimum atomic E-state index is -1.33. The molecule has 3 rings (SSSR count). The number of hydrogen-bond donors (Lipinski definition) is 4. The number of nitrogen functional groups attached to an aromatic ring is 1. The van der Waals surface area contributed by atoms with Gasteiger partial charge in [-0.05, 0) is 5.54 Å². The van der Waals surface area contributed by atoms with Gasteiger partial charge in [-0.15, -0.1) is 0 Å². The third-order valence-corrected chi connectivity index (χ3v) is 9.15. The zero-order valence-electron chi connectivity index (χ0n) is 15.9. The Hall–Kier alpha value is -1.59. The normalized spacial score (nSPS) is 27.1. The van der Waals surface area contributed by atoms with E-state index in [-0.39, 0.29) is 18.0 Å². The van der Waals surface area contributed by atoms with E-state index in [1.54, 1.807) is 0 Å². The fourth-order valence-electron chi connectivity index (χ4n) is 3.80. The lowest BCUT2D eigenvalue weighted by Gasteiger charge is -2.36. The molecule has 149 valence electrons. The van der Waals surface area contributed by atoms with Gasteiger partial charge in [0.2, 0.25) is 0 Å². The summed E-state index contributed by atoms with van der Waals surface area (Å²) in [6.07, 6.45) is 1.27. The van der Waals surface area contributed by atoms with Crippen molar-refractivity contribution in [1.29, 1.82) is 0 Å². The highest BCUT2D eigenvalue weighted by atomic mass is 28.3. The zero-order valence-corrected chi connectivity index (χ0v) is 16.9. The number of nitrogens with two attached hydrogens (primary N) is 1. The van der Waals surface area contributed by atoms with Crippen molar-refractivity contribution in [3.63, 3.8) is 0 Å². The molecule has 0 amide bonds. The number of unbranched alkanes of at least 4 members (excludes halogenated alkanes) is 1. The Bertz CT molecular complexity index is 788. The Kier molecular flexibility index (Phi) is 5.82. The molecule has 1 aliphatic rings. The molecule has 1 radical (unpaired) electrons.